The number of rotatable bonds is 1. The van der Waals surface area contributed by atoms with Crippen molar-refractivity contribution in [1.29, 1.82) is 5.26 Å². The molecule has 3 N–H and O–H groups in total. The number of nitrogens with zero attached hydrogens (tertiary/aromatic N) is 6. The largest absolute Gasteiger partial charge is 0.403 e. The monoisotopic (exact) mass is 445 g/mol. The molecule has 20 heavy (non-hydrogen) atoms. The molecule has 0 amide bonds. The van der Waals surface area contributed by atoms with Gasteiger partial charge in [-0.2, -0.15) is 5.26 Å². The fourth-order valence-corrected chi connectivity index (χ4v) is 2.30. The van der Waals surface area contributed by atoms with E-state index in [-0.39, 0.29) is 26.4 Å². The van der Waals surface area contributed by atoms with Crippen LogP contribution in [0.15, 0.2) is 6.20 Å². The van der Waals surface area contributed by atoms with E-state index in [2.05, 4.69) is 26.2 Å². The fraction of sp³-hybridized carbons (Fsp3) is 0.455. The Morgan fingerprint density at radius 3 is 3.05 bits per heavy atom. The first kappa shape index (κ1) is 14.7. The Balaban J connectivity index is 0.00000147. The van der Waals surface area contributed by atoms with Crippen molar-refractivity contribution in [3.8, 4) is 6.07 Å². The molecule has 0 saturated carbocycles. The Hall–Kier alpha value is -1.74. The van der Waals surface area contributed by atoms with Crippen LogP contribution in [0.1, 0.15) is 6.42 Å². The number of anilines is 2. The van der Waals surface area contributed by atoms with E-state index in [4.69, 9.17) is 11.0 Å². The third-order valence-electron chi connectivity index (χ3n) is 3.30. The number of hydrogen-bond donors (Lipinski definition) is 2. The minimum atomic E-state index is -0.591. The minimum Gasteiger partial charge on any atom is -0.403 e. The van der Waals surface area contributed by atoms with Gasteiger partial charge in [0, 0.05) is 45.1 Å². The van der Waals surface area contributed by atoms with Crippen molar-refractivity contribution in [2.75, 3.05) is 23.7 Å². The number of aliphatic hydroxyl groups excluding tert-OH is 1. The van der Waals surface area contributed by atoms with Crippen LogP contribution in [0.5, 0.6) is 0 Å². The molecule has 105 valence electrons. The maximum absolute atomic E-state index is 9.73. The fourth-order valence-electron chi connectivity index (χ4n) is 2.30. The Kier molecular flexibility index (Phi) is 4.19. The summed E-state index contributed by atoms with van der Waals surface area (Å²) in [5.41, 5.74) is 6.10. The first-order valence-corrected chi connectivity index (χ1v) is 5.93. The van der Waals surface area contributed by atoms with Gasteiger partial charge < -0.3 is 25.8 Å². The number of piperidine rings is 1. The van der Waals surface area contributed by atoms with Gasteiger partial charge in [0.2, 0.25) is 0 Å². The zero-order valence-corrected chi connectivity index (χ0v) is 13.2. The van der Waals surface area contributed by atoms with Gasteiger partial charge in [-0.3, -0.25) is 5.10 Å². The van der Waals surface area contributed by atoms with Crippen molar-refractivity contribution >= 4 is 22.8 Å². The zero-order valence-electron chi connectivity index (χ0n) is 10.4. The van der Waals surface area contributed by atoms with E-state index in [1.54, 1.807) is 6.20 Å². The van der Waals surface area contributed by atoms with Gasteiger partial charge in [-0.25, -0.2) is 4.98 Å². The van der Waals surface area contributed by atoms with Gasteiger partial charge in [0.1, 0.15) is 11.8 Å². The van der Waals surface area contributed by atoms with Crippen molar-refractivity contribution in [3.63, 3.8) is 0 Å². The van der Waals surface area contributed by atoms with E-state index in [0.717, 1.165) is 0 Å². The maximum Gasteiger partial charge on any atom is 0.139 e. The van der Waals surface area contributed by atoms with E-state index in [9.17, 15) is 5.11 Å². The Labute approximate surface area is 128 Å². The normalized spacial score (nSPS) is 22.3. The van der Waals surface area contributed by atoms with Gasteiger partial charge >= 0.3 is 0 Å². The van der Waals surface area contributed by atoms with E-state index in [0.29, 0.717) is 36.4 Å². The van der Waals surface area contributed by atoms with Crippen molar-refractivity contribution < 1.29 is 25.5 Å². The average Bonchev–Trinajstić information content (AvgIpc) is 2.86. The van der Waals surface area contributed by atoms with Crippen LogP contribution in [0.25, 0.3) is 11.0 Å². The molecule has 1 aliphatic heterocycles. The molecule has 1 aliphatic rings. The first-order chi connectivity index (χ1) is 9.19. The van der Waals surface area contributed by atoms with Gasteiger partial charge in [0.15, 0.2) is 0 Å². The number of nitrogens with two attached hydrogens (primary N) is 1. The molecule has 2 aromatic rings. The number of aliphatic hydroxyl groups is 1. The van der Waals surface area contributed by atoms with Crippen LogP contribution in [0.2, 0.25) is 0 Å². The second-order valence-corrected chi connectivity index (χ2v) is 4.52. The third-order valence-corrected chi connectivity index (χ3v) is 3.30. The smallest absolute Gasteiger partial charge is 0.139 e. The molecule has 2 aromatic heterocycles. The molecule has 1 fully saturated rings. The van der Waals surface area contributed by atoms with Crippen LogP contribution in [0, 0.1) is 17.2 Å². The number of nitriles is 1. The van der Waals surface area contributed by atoms with Crippen LogP contribution in [-0.2, 0) is 20.4 Å². The van der Waals surface area contributed by atoms with Gasteiger partial charge in [-0.1, -0.05) is 0 Å². The molecule has 0 bridgehead atoms. The summed E-state index contributed by atoms with van der Waals surface area (Å²) in [5.74, 6) is 0.318. The molecule has 1 radical (unpaired) electrons. The van der Waals surface area contributed by atoms with Crippen LogP contribution in [0.3, 0.4) is 0 Å². The second-order valence-electron chi connectivity index (χ2n) is 4.52. The van der Waals surface area contributed by atoms with Crippen molar-refractivity contribution in [1.82, 2.24) is 20.2 Å². The molecule has 1 saturated heterocycles. The van der Waals surface area contributed by atoms with Crippen molar-refractivity contribution in [3.05, 3.63) is 6.20 Å². The van der Waals surface area contributed by atoms with Crippen molar-refractivity contribution in [2.45, 2.75) is 12.5 Å². The molecule has 2 unspecified atom stereocenters. The predicted octanol–water partition coefficient (Wildman–Crippen LogP) is -0.728. The van der Waals surface area contributed by atoms with E-state index in [1.807, 2.05) is 4.90 Å². The summed E-state index contributed by atoms with van der Waals surface area (Å²) in [6, 6.07) is 2.11. The molecule has 9 heteroatoms. The van der Waals surface area contributed by atoms with E-state index < -0.39 is 12.0 Å². The maximum atomic E-state index is 9.73. The Bertz CT molecular complexity index is 652. The van der Waals surface area contributed by atoms with Crippen molar-refractivity contribution in [2.24, 2.45) is 5.92 Å². The SMILES string of the molecule is N#CC1CN(c2nc(N)nc3[n-]ncc23)CCC1O.[Re]. The first-order valence-electron chi connectivity index (χ1n) is 5.93. The van der Waals surface area contributed by atoms with Crippen LogP contribution >= 0.6 is 0 Å². The molecule has 8 nitrogen and oxygen atoms in total. The second kappa shape index (κ2) is 5.72. The van der Waals surface area contributed by atoms with Gasteiger partial charge in [-0.05, 0) is 12.1 Å². The molecule has 3 heterocycles. The summed E-state index contributed by atoms with van der Waals surface area (Å²) in [6.45, 7) is 1.02. The number of fused-ring (bicyclic) bond motifs is 1. The zero-order chi connectivity index (χ0) is 13.4. The topological polar surface area (TPSA) is 126 Å². The Morgan fingerprint density at radius 2 is 2.30 bits per heavy atom. The van der Waals surface area contributed by atoms with Crippen LogP contribution < -0.4 is 15.7 Å². The summed E-state index contributed by atoms with van der Waals surface area (Å²) in [6.07, 6.45) is 1.51. The Morgan fingerprint density at radius 1 is 1.50 bits per heavy atom. The minimum absolute atomic E-state index is 0. The predicted molar refractivity (Wildman–Crippen MR) is 67.0 cm³/mol. The van der Waals surface area contributed by atoms with E-state index in [1.165, 1.54) is 0 Å². The summed E-state index contributed by atoms with van der Waals surface area (Å²) >= 11 is 0. The van der Waals surface area contributed by atoms with E-state index >= 15 is 0 Å². The standard InChI is InChI=1S/C11H12N7O.Re/c12-3-6-5-18(2-1-8(6)19)10-7-4-14-17-9(7)15-11(13)16-10;/h4,6,8,19H,1-2,5H2,(H2-,13,14,15,16,17);/q-1;. The molecule has 0 aromatic carbocycles. The summed E-state index contributed by atoms with van der Waals surface area (Å²) < 4.78 is 0. The molecular formula is C11H12N7ORe-. The summed E-state index contributed by atoms with van der Waals surface area (Å²) in [7, 11) is 0. The molecule has 0 spiro atoms. The average molecular weight is 444 g/mol. The number of hydrogen-bond acceptors (Lipinski definition) is 7. The quantitative estimate of drug-likeness (QED) is 0.590. The summed E-state index contributed by atoms with van der Waals surface area (Å²) in [5, 5.41) is 27.1. The number of nitrogen functional groups attached to an aromatic ring is 1. The molecular weight excluding hydrogens is 432 g/mol. The van der Waals surface area contributed by atoms with Crippen LogP contribution in [-0.4, -0.2) is 39.4 Å². The third kappa shape index (κ3) is 2.46. The summed E-state index contributed by atoms with van der Waals surface area (Å²) in [4.78, 5) is 10.1. The molecule has 0 aliphatic carbocycles. The number of aromatic nitrogens is 4. The molecule has 2 atom stereocenters. The van der Waals surface area contributed by atoms with Gasteiger partial charge in [0.05, 0.1) is 18.1 Å². The van der Waals surface area contributed by atoms with Gasteiger partial charge in [-0.15, -0.1) is 0 Å². The van der Waals surface area contributed by atoms with Gasteiger partial charge in [0.25, 0.3) is 0 Å². The van der Waals surface area contributed by atoms with Crippen LogP contribution in [0.4, 0.5) is 11.8 Å². The molecule has 3 rings (SSSR count).